The first kappa shape index (κ1) is 16.3. The fraction of sp³-hybridized carbons (Fsp3) is 0.381. The number of rotatable bonds is 3. The molecule has 2 aromatic carbocycles. The van der Waals surface area contributed by atoms with Gasteiger partial charge in [0.1, 0.15) is 5.82 Å². The van der Waals surface area contributed by atoms with Gasteiger partial charge in [0.05, 0.1) is 11.8 Å². The second kappa shape index (κ2) is 6.62. The first-order valence-corrected chi connectivity index (χ1v) is 8.98. The summed E-state index contributed by atoms with van der Waals surface area (Å²) in [6.45, 7) is 4.57. The highest BCUT2D eigenvalue weighted by Crippen LogP contribution is 2.31. The van der Waals surface area contributed by atoms with E-state index in [1.54, 1.807) is 0 Å². The van der Waals surface area contributed by atoms with Gasteiger partial charge in [-0.1, -0.05) is 42.5 Å². The van der Waals surface area contributed by atoms with E-state index in [1.807, 2.05) is 13.1 Å². The monoisotopic (exact) mass is 335 g/mol. The molecular formula is C21H25N3O. The molecule has 1 aliphatic heterocycles. The van der Waals surface area contributed by atoms with E-state index in [0.29, 0.717) is 6.54 Å². The predicted octanol–water partition coefficient (Wildman–Crippen LogP) is 3.23. The number of aliphatic hydroxyl groups excluding tert-OH is 1. The Balaban J connectivity index is 1.48. The number of β-amino-alcohol motifs (C(OH)–C–C–N with tert-alkyl or cyclic N) is 1. The lowest BCUT2D eigenvalue weighted by Crippen LogP contribution is -2.42. The summed E-state index contributed by atoms with van der Waals surface area (Å²) in [6, 6.07) is 15.0. The van der Waals surface area contributed by atoms with E-state index in [0.717, 1.165) is 25.3 Å². The first-order valence-electron chi connectivity index (χ1n) is 8.98. The van der Waals surface area contributed by atoms with Crippen LogP contribution in [0.15, 0.2) is 48.7 Å². The van der Waals surface area contributed by atoms with E-state index in [4.69, 9.17) is 0 Å². The number of aromatic nitrogens is 2. The minimum absolute atomic E-state index is 0.217. The lowest BCUT2D eigenvalue weighted by molar-refractivity contribution is 0.0468. The third-order valence-electron chi connectivity index (χ3n) is 5.57. The van der Waals surface area contributed by atoms with Crippen LogP contribution in [0.1, 0.15) is 29.4 Å². The van der Waals surface area contributed by atoms with Crippen LogP contribution < -0.4 is 0 Å². The molecular weight excluding hydrogens is 310 g/mol. The van der Waals surface area contributed by atoms with Crippen molar-refractivity contribution in [3.05, 3.63) is 65.7 Å². The van der Waals surface area contributed by atoms with Crippen molar-refractivity contribution >= 4 is 10.8 Å². The van der Waals surface area contributed by atoms with Crippen molar-refractivity contribution < 1.29 is 5.11 Å². The summed E-state index contributed by atoms with van der Waals surface area (Å²) in [5.74, 6) is 1.25. The Morgan fingerprint density at radius 1 is 1.16 bits per heavy atom. The van der Waals surface area contributed by atoms with Crippen LogP contribution in [0.2, 0.25) is 0 Å². The number of hydrogen-bond acceptors (Lipinski definition) is 3. The number of piperidine rings is 1. The lowest BCUT2D eigenvalue weighted by atomic mass is 9.86. The molecule has 0 saturated carbocycles. The maximum atomic E-state index is 10.8. The summed E-state index contributed by atoms with van der Waals surface area (Å²) in [7, 11) is 2.05. The second-order valence-electron chi connectivity index (χ2n) is 7.16. The molecule has 1 N–H and O–H groups in total. The summed E-state index contributed by atoms with van der Waals surface area (Å²) >= 11 is 0. The smallest absolute Gasteiger partial charge is 0.105 e. The topological polar surface area (TPSA) is 41.3 Å². The largest absolute Gasteiger partial charge is 0.391 e. The highest BCUT2D eigenvalue weighted by molar-refractivity contribution is 5.83. The Hall–Kier alpha value is -2.17. The molecule has 1 aliphatic rings. The summed E-state index contributed by atoms with van der Waals surface area (Å²) in [4.78, 5) is 6.70. The molecule has 1 aromatic heterocycles. The molecule has 0 amide bonds. The van der Waals surface area contributed by atoms with Gasteiger partial charge in [0.25, 0.3) is 0 Å². The lowest BCUT2D eigenvalue weighted by Gasteiger charge is -2.36. The van der Waals surface area contributed by atoms with Crippen molar-refractivity contribution in [1.82, 2.24) is 14.5 Å². The molecule has 0 unspecified atom stereocenters. The minimum atomic E-state index is -0.329. The summed E-state index contributed by atoms with van der Waals surface area (Å²) in [5.41, 5.74) is 2.45. The third kappa shape index (κ3) is 3.20. The fourth-order valence-electron chi connectivity index (χ4n) is 3.89. The molecule has 3 aromatic rings. The van der Waals surface area contributed by atoms with Gasteiger partial charge in [-0.15, -0.1) is 0 Å². The van der Waals surface area contributed by atoms with Gasteiger partial charge < -0.3 is 9.67 Å². The van der Waals surface area contributed by atoms with E-state index in [2.05, 4.69) is 64.0 Å². The number of likely N-dealkylation sites (tertiary alicyclic amines) is 1. The van der Waals surface area contributed by atoms with Gasteiger partial charge in [-0.05, 0) is 36.2 Å². The van der Waals surface area contributed by atoms with Crippen molar-refractivity contribution in [1.29, 1.82) is 0 Å². The van der Waals surface area contributed by atoms with Gasteiger partial charge in [-0.3, -0.25) is 4.90 Å². The van der Waals surface area contributed by atoms with Gasteiger partial charge in [0.15, 0.2) is 0 Å². The summed E-state index contributed by atoms with van der Waals surface area (Å²) < 4.78 is 2.13. The Kier molecular flexibility index (Phi) is 4.32. The van der Waals surface area contributed by atoms with Gasteiger partial charge in [-0.2, -0.15) is 0 Å². The molecule has 2 heterocycles. The molecule has 2 atom stereocenters. The van der Waals surface area contributed by atoms with Crippen molar-refractivity contribution in [3.63, 3.8) is 0 Å². The third-order valence-corrected chi connectivity index (χ3v) is 5.57. The van der Waals surface area contributed by atoms with Crippen LogP contribution in [0, 0.1) is 6.92 Å². The molecule has 0 spiro atoms. The first-order chi connectivity index (χ1) is 12.1. The highest BCUT2D eigenvalue weighted by atomic mass is 16.3. The molecule has 0 radical (unpaired) electrons. The fourth-order valence-corrected chi connectivity index (χ4v) is 3.89. The predicted molar refractivity (Wildman–Crippen MR) is 101 cm³/mol. The van der Waals surface area contributed by atoms with Crippen LogP contribution in [0.4, 0.5) is 0 Å². The van der Waals surface area contributed by atoms with Crippen LogP contribution in [-0.2, 0) is 13.6 Å². The van der Waals surface area contributed by atoms with Crippen LogP contribution in [0.25, 0.3) is 10.8 Å². The van der Waals surface area contributed by atoms with Gasteiger partial charge in [0, 0.05) is 32.3 Å². The number of benzene rings is 2. The van der Waals surface area contributed by atoms with Gasteiger partial charge in [-0.25, -0.2) is 4.98 Å². The average molecular weight is 335 g/mol. The Labute approximate surface area is 148 Å². The van der Waals surface area contributed by atoms with Crippen molar-refractivity contribution in [2.75, 3.05) is 13.1 Å². The molecule has 130 valence electrons. The average Bonchev–Trinajstić information content (AvgIpc) is 2.93. The second-order valence-corrected chi connectivity index (χ2v) is 7.16. The van der Waals surface area contributed by atoms with Crippen LogP contribution in [-0.4, -0.2) is 38.8 Å². The van der Waals surface area contributed by atoms with E-state index in [9.17, 15) is 5.11 Å². The summed E-state index contributed by atoms with van der Waals surface area (Å²) in [5, 5.41) is 13.3. The van der Waals surface area contributed by atoms with E-state index >= 15 is 0 Å². The van der Waals surface area contributed by atoms with E-state index in [-0.39, 0.29) is 12.0 Å². The number of fused-ring (bicyclic) bond motifs is 1. The number of imidazole rings is 1. The van der Waals surface area contributed by atoms with Crippen molar-refractivity contribution in [2.45, 2.75) is 31.9 Å². The standard InChI is InChI=1S/C21H25N3O/c1-15-22-12-19(23(15)2)13-24-10-9-20(21(25)14-24)18-8-7-16-5-3-4-6-17(16)11-18/h3-8,11-12,20-21,25H,9-10,13-14H2,1-2H3/t20-,21+/m0/s1. The van der Waals surface area contributed by atoms with Crippen molar-refractivity contribution in [2.24, 2.45) is 7.05 Å². The molecule has 0 aliphatic carbocycles. The molecule has 0 bridgehead atoms. The zero-order valence-corrected chi connectivity index (χ0v) is 14.9. The maximum Gasteiger partial charge on any atom is 0.105 e. The number of aryl methyl sites for hydroxylation is 1. The SMILES string of the molecule is Cc1ncc(CN2CC[C@@H](c3ccc4ccccc4c3)[C@H](O)C2)n1C. The summed E-state index contributed by atoms with van der Waals surface area (Å²) in [6.07, 6.45) is 2.59. The highest BCUT2D eigenvalue weighted by Gasteiger charge is 2.29. The molecule has 25 heavy (non-hydrogen) atoms. The van der Waals surface area contributed by atoms with Crippen LogP contribution in [0.5, 0.6) is 0 Å². The maximum absolute atomic E-state index is 10.8. The number of nitrogens with zero attached hydrogens (tertiary/aromatic N) is 3. The van der Waals surface area contributed by atoms with E-state index in [1.165, 1.54) is 22.0 Å². The van der Waals surface area contributed by atoms with Gasteiger partial charge in [0.2, 0.25) is 0 Å². The molecule has 4 heteroatoms. The normalized spacial score (nSPS) is 21.7. The zero-order chi connectivity index (χ0) is 17.4. The van der Waals surface area contributed by atoms with Gasteiger partial charge >= 0.3 is 0 Å². The number of hydrogen-bond donors (Lipinski definition) is 1. The van der Waals surface area contributed by atoms with Crippen molar-refractivity contribution in [3.8, 4) is 0 Å². The molecule has 4 rings (SSSR count). The van der Waals surface area contributed by atoms with E-state index < -0.39 is 0 Å². The molecule has 1 saturated heterocycles. The van der Waals surface area contributed by atoms with Crippen LogP contribution >= 0.6 is 0 Å². The Bertz CT molecular complexity index is 886. The Morgan fingerprint density at radius 3 is 2.68 bits per heavy atom. The zero-order valence-electron chi connectivity index (χ0n) is 14.9. The van der Waals surface area contributed by atoms with Crippen LogP contribution in [0.3, 0.4) is 0 Å². The Morgan fingerprint density at radius 2 is 1.96 bits per heavy atom. The molecule has 1 fully saturated rings. The quantitative estimate of drug-likeness (QED) is 0.799. The minimum Gasteiger partial charge on any atom is -0.391 e. The number of aliphatic hydroxyl groups is 1. The molecule has 4 nitrogen and oxygen atoms in total.